The van der Waals surface area contributed by atoms with Crippen molar-refractivity contribution in [2.45, 2.75) is 25.0 Å². The number of methoxy groups -OCH3 is 1. The summed E-state index contributed by atoms with van der Waals surface area (Å²) in [5.41, 5.74) is 1.21. The summed E-state index contributed by atoms with van der Waals surface area (Å²) >= 11 is 6.33. The van der Waals surface area contributed by atoms with Gasteiger partial charge in [0.2, 0.25) is 4.38 Å². The third kappa shape index (κ3) is 3.84. The summed E-state index contributed by atoms with van der Waals surface area (Å²) in [6.45, 7) is 2.04. The van der Waals surface area contributed by atoms with Gasteiger partial charge in [-0.05, 0) is 48.6 Å². The first kappa shape index (κ1) is 15.2. The normalized spacial score (nSPS) is 10.2. The van der Waals surface area contributed by atoms with E-state index in [9.17, 15) is 10.2 Å². The van der Waals surface area contributed by atoms with Crippen molar-refractivity contribution in [3.63, 3.8) is 0 Å². The lowest BCUT2D eigenvalue weighted by Gasteiger charge is -2.13. The highest BCUT2D eigenvalue weighted by atomic mass is 32.2. The van der Waals surface area contributed by atoms with Crippen LogP contribution in [0.15, 0.2) is 17.0 Å². The summed E-state index contributed by atoms with van der Waals surface area (Å²) in [5.74, 6) is 0.533. The van der Waals surface area contributed by atoms with E-state index in [0.29, 0.717) is 27.9 Å². The molecule has 0 aliphatic rings. The zero-order valence-electron chi connectivity index (χ0n) is 10.3. The van der Waals surface area contributed by atoms with Crippen LogP contribution in [0, 0.1) is 0 Å². The molecular weight excluding hydrogens is 272 g/mol. The first-order valence-corrected chi connectivity index (χ1v) is 6.64. The fraction of sp³-hybridized carbons (Fsp3) is 0.417. The molecule has 0 fully saturated rings. The maximum atomic E-state index is 9.29. The molecule has 18 heavy (non-hydrogen) atoms. The minimum absolute atomic E-state index is 0.165. The molecule has 2 N–H and O–H groups in total. The van der Waals surface area contributed by atoms with Gasteiger partial charge in [0.05, 0.1) is 26.9 Å². The van der Waals surface area contributed by atoms with Crippen molar-refractivity contribution in [3.05, 3.63) is 23.3 Å². The minimum Gasteiger partial charge on any atom is -0.496 e. The van der Waals surface area contributed by atoms with Crippen LogP contribution in [-0.2, 0) is 18.0 Å². The van der Waals surface area contributed by atoms with E-state index < -0.39 is 0 Å². The standard InChI is InChI=1S/C12H16O4S2/c1-3-16-12(17)18-9-4-8(6-13)10(7-14)11(5-9)15-2/h4-5,13-14H,3,6-7H2,1-2H3. The molecule has 1 aromatic carbocycles. The molecular formula is C12H16O4S2. The van der Waals surface area contributed by atoms with Crippen molar-refractivity contribution >= 4 is 28.4 Å². The lowest BCUT2D eigenvalue weighted by Crippen LogP contribution is -2.01. The molecule has 1 rings (SSSR count). The smallest absolute Gasteiger partial charge is 0.224 e. The summed E-state index contributed by atoms with van der Waals surface area (Å²) in [7, 11) is 1.52. The van der Waals surface area contributed by atoms with Crippen molar-refractivity contribution in [1.29, 1.82) is 0 Å². The largest absolute Gasteiger partial charge is 0.496 e. The Morgan fingerprint density at radius 2 is 2.06 bits per heavy atom. The number of benzene rings is 1. The van der Waals surface area contributed by atoms with Gasteiger partial charge in [-0.2, -0.15) is 0 Å². The number of aliphatic hydroxyl groups excluding tert-OH is 2. The van der Waals surface area contributed by atoms with Crippen LogP contribution in [0.5, 0.6) is 5.75 Å². The Balaban J connectivity index is 3.03. The molecule has 0 saturated heterocycles. The van der Waals surface area contributed by atoms with Crippen LogP contribution in [-0.4, -0.2) is 28.3 Å². The lowest BCUT2D eigenvalue weighted by molar-refractivity contribution is 0.253. The van der Waals surface area contributed by atoms with Gasteiger partial charge >= 0.3 is 0 Å². The molecule has 0 aliphatic carbocycles. The number of thioether (sulfide) groups is 1. The van der Waals surface area contributed by atoms with E-state index in [1.807, 2.05) is 6.92 Å². The molecule has 0 amide bonds. The Bertz CT molecular complexity index is 396. The summed E-state index contributed by atoms with van der Waals surface area (Å²) in [6.07, 6.45) is 0. The molecule has 0 saturated carbocycles. The zero-order valence-corrected chi connectivity index (χ0v) is 11.9. The third-order valence-corrected chi connectivity index (χ3v) is 3.41. The molecule has 0 aliphatic heterocycles. The number of rotatable bonds is 5. The van der Waals surface area contributed by atoms with E-state index in [4.69, 9.17) is 21.7 Å². The first-order chi connectivity index (χ1) is 8.65. The molecule has 0 heterocycles. The summed E-state index contributed by atoms with van der Waals surface area (Å²) < 4.78 is 10.8. The number of aliphatic hydroxyl groups is 2. The first-order valence-electron chi connectivity index (χ1n) is 5.42. The summed E-state index contributed by atoms with van der Waals surface area (Å²) in [5, 5.41) is 18.6. The monoisotopic (exact) mass is 288 g/mol. The Kier molecular flexibility index (Phi) is 6.42. The van der Waals surface area contributed by atoms with Crippen LogP contribution < -0.4 is 4.74 Å². The second-order valence-corrected chi connectivity index (χ2v) is 5.04. The van der Waals surface area contributed by atoms with Crippen molar-refractivity contribution in [2.75, 3.05) is 13.7 Å². The number of hydrogen-bond donors (Lipinski definition) is 2. The third-order valence-electron chi connectivity index (χ3n) is 2.29. The van der Waals surface area contributed by atoms with E-state index in [0.717, 1.165) is 4.90 Å². The topological polar surface area (TPSA) is 58.9 Å². The quantitative estimate of drug-likeness (QED) is 0.639. The summed E-state index contributed by atoms with van der Waals surface area (Å²) in [4.78, 5) is 0.812. The van der Waals surface area contributed by atoms with Crippen molar-refractivity contribution in [2.24, 2.45) is 0 Å². The SMILES string of the molecule is CCOC(=S)Sc1cc(CO)c(CO)c(OC)c1. The predicted molar refractivity (Wildman–Crippen MR) is 74.9 cm³/mol. The molecule has 0 atom stereocenters. The van der Waals surface area contributed by atoms with Crippen LogP contribution >= 0.6 is 24.0 Å². The van der Waals surface area contributed by atoms with Crippen molar-refractivity contribution < 1.29 is 19.7 Å². The zero-order chi connectivity index (χ0) is 13.5. The number of hydrogen-bond acceptors (Lipinski definition) is 6. The fourth-order valence-corrected chi connectivity index (χ4v) is 2.62. The highest BCUT2D eigenvalue weighted by Crippen LogP contribution is 2.31. The Labute approximate surface area is 116 Å². The van der Waals surface area contributed by atoms with Crippen LogP contribution in [0.25, 0.3) is 0 Å². The Morgan fingerprint density at radius 1 is 1.33 bits per heavy atom. The molecule has 0 radical (unpaired) electrons. The van der Waals surface area contributed by atoms with Crippen LogP contribution in [0.3, 0.4) is 0 Å². The highest BCUT2D eigenvalue weighted by molar-refractivity contribution is 8.22. The van der Waals surface area contributed by atoms with E-state index in [1.54, 1.807) is 12.1 Å². The highest BCUT2D eigenvalue weighted by Gasteiger charge is 2.12. The van der Waals surface area contributed by atoms with E-state index >= 15 is 0 Å². The minimum atomic E-state index is -0.181. The molecule has 4 nitrogen and oxygen atoms in total. The number of ether oxygens (including phenoxy) is 2. The van der Waals surface area contributed by atoms with E-state index in [-0.39, 0.29) is 13.2 Å². The number of thiocarbonyl (C=S) groups is 1. The maximum absolute atomic E-state index is 9.29. The molecule has 0 bridgehead atoms. The van der Waals surface area contributed by atoms with Crippen molar-refractivity contribution in [3.8, 4) is 5.75 Å². The molecule has 0 unspecified atom stereocenters. The van der Waals surface area contributed by atoms with E-state index in [1.165, 1.54) is 18.9 Å². The lowest BCUT2D eigenvalue weighted by atomic mass is 10.1. The molecule has 0 aromatic heterocycles. The maximum Gasteiger partial charge on any atom is 0.224 e. The summed E-state index contributed by atoms with van der Waals surface area (Å²) in [6, 6.07) is 3.53. The molecule has 100 valence electrons. The fourth-order valence-electron chi connectivity index (χ4n) is 1.48. The Hall–Kier alpha value is -0.820. The second-order valence-electron chi connectivity index (χ2n) is 3.36. The van der Waals surface area contributed by atoms with Gasteiger partial charge in [-0.25, -0.2) is 0 Å². The Morgan fingerprint density at radius 3 is 2.56 bits per heavy atom. The average molecular weight is 288 g/mol. The van der Waals surface area contributed by atoms with Crippen LogP contribution in [0.4, 0.5) is 0 Å². The molecule has 0 spiro atoms. The van der Waals surface area contributed by atoms with Crippen LogP contribution in [0.2, 0.25) is 0 Å². The van der Waals surface area contributed by atoms with Gasteiger partial charge in [-0.15, -0.1) is 0 Å². The van der Waals surface area contributed by atoms with E-state index in [2.05, 4.69) is 0 Å². The van der Waals surface area contributed by atoms with Crippen molar-refractivity contribution in [1.82, 2.24) is 0 Å². The van der Waals surface area contributed by atoms with Gasteiger partial charge in [0.1, 0.15) is 5.75 Å². The van der Waals surface area contributed by atoms with Gasteiger partial charge in [0.15, 0.2) is 0 Å². The second kappa shape index (κ2) is 7.58. The average Bonchev–Trinajstić information content (AvgIpc) is 2.37. The molecule has 6 heteroatoms. The van der Waals surface area contributed by atoms with Gasteiger partial charge in [-0.1, -0.05) is 0 Å². The molecule has 1 aromatic rings. The van der Waals surface area contributed by atoms with Crippen LogP contribution in [0.1, 0.15) is 18.1 Å². The van der Waals surface area contributed by atoms with Gasteiger partial charge in [0, 0.05) is 10.5 Å². The van der Waals surface area contributed by atoms with Gasteiger partial charge in [0.25, 0.3) is 0 Å². The van der Waals surface area contributed by atoms with Gasteiger partial charge < -0.3 is 19.7 Å². The van der Waals surface area contributed by atoms with Gasteiger partial charge in [-0.3, -0.25) is 0 Å². The predicted octanol–water partition coefficient (Wildman–Crippen LogP) is 2.09.